The summed E-state index contributed by atoms with van der Waals surface area (Å²) in [6, 6.07) is 7.82. The maximum Gasteiger partial charge on any atom is 0.234 e. The molecule has 104 valence electrons. The molecule has 4 heteroatoms. The lowest BCUT2D eigenvalue weighted by Gasteiger charge is -2.20. The summed E-state index contributed by atoms with van der Waals surface area (Å²) in [5.74, 6) is 0.840. The lowest BCUT2D eigenvalue weighted by Crippen LogP contribution is -2.37. The highest BCUT2D eigenvalue weighted by molar-refractivity contribution is 5.78. The molecule has 1 aromatic rings. The van der Waals surface area contributed by atoms with E-state index in [-0.39, 0.29) is 5.91 Å². The predicted octanol–water partition coefficient (Wildman–Crippen LogP) is 1.62. The van der Waals surface area contributed by atoms with E-state index in [4.69, 9.17) is 5.73 Å². The predicted molar refractivity (Wildman–Crippen MR) is 77.5 cm³/mol. The Morgan fingerprint density at radius 1 is 1.42 bits per heavy atom. The van der Waals surface area contributed by atoms with E-state index in [9.17, 15) is 4.79 Å². The molecule has 1 aromatic carbocycles. The fourth-order valence-corrected chi connectivity index (χ4v) is 2.04. The minimum absolute atomic E-state index is 0.114. The molecule has 3 N–H and O–H groups in total. The number of hydrogen-bond acceptors (Lipinski definition) is 3. The van der Waals surface area contributed by atoms with Crippen LogP contribution >= 0.6 is 0 Å². The van der Waals surface area contributed by atoms with Gasteiger partial charge in [-0.3, -0.25) is 9.69 Å². The molecule has 0 aliphatic heterocycles. The number of nitrogens with zero attached hydrogens (tertiary/aromatic N) is 1. The number of likely N-dealkylation sites (N-methyl/N-ethyl adjacent to an activating group) is 1. The number of nitrogens with two attached hydrogens (primary N) is 1. The van der Waals surface area contributed by atoms with Gasteiger partial charge in [0.15, 0.2) is 0 Å². The van der Waals surface area contributed by atoms with Crippen molar-refractivity contribution in [3.05, 3.63) is 29.8 Å². The first-order chi connectivity index (χ1) is 9.19. The summed E-state index contributed by atoms with van der Waals surface area (Å²) in [4.78, 5) is 13.9. The Labute approximate surface area is 115 Å². The normalized spacial score (nSPS) is 14.6. The second-order valence-corrected chi connectivity index (χ2v) is 5.25. The number of nitrogen functional groups attached to an aromatic ring is 1. The van der Waals surface area contributed by atoms with Crippen LogP contribution in [-0.4, -0.2) is 30.4 Å². The Morgan fingerprint density at radius 2 is 2.16 bits per heavy atom. The van der Waals surface area contributed by atoms with Gasteiger partial charge in [-0.2, -0.15) is 0 Å². The maximum atomic E-state index is 11.8. The number of amides is 1. The fraction of sp³-hybridized carbons (Fsp3) is 0.533. The number of benzene rings is 1. The summed E-state index contributed by atoms with van der Waals surface area (Å²) in [7, 11) is 0. The molecule has 0 unspecified atom stereocenters. The largest absolute Gasteiger partial charge is 0.398 e. The van der Waals surface area contributed by atoms with Crippen LogP contribution in [0.4, 0.5) is 5.69 Å². The van der Waals surface area contributed by atoms with Gasteiger partial charge in [0.1, 0.15) is 0 Å². The van der Waals surface area contributed by atoms with Crippen molar-refractivity contribution in [2.75, 3.05) is 25.4 Å². The average molecular weight is 261 g/mol. The third-order valence-corrected chi connectivity index (χ3v) is 3.55. The van der Waals surface area contributed by atoms with Gasteiger partial charge in [0.05, 0.1) is 6.54 Å². The smallest absolute Gasteiger partial charge is 0.234 e. The van der Waals surface area contributed by atoms with Gasteiger partial charge in [-0.15, -0.1) is 0 Å². The highest BCUT2D eigenvalue weighted by Crippen LogP contribution is 2.27. The van der Waals surface area contributed by atoms with Crippen molar-refractivity contribution in [3.63, 3.8) is 0 Å². The summed E-state index contributed by atoms with van der Waals surface area (Å²) in [5, 5.41) is 3.00. The van der Waals surface area contributed by atoms with Crippen molar-refractivity contribution in [2.24, 2.45) is 5.92 Å². The van der Waals surface area contributed by atoms with Crippen LogP contribution in [-0.2, 0) is 11.3 Å². The standard InChI is InChI=1S/C15H23N3O/c1-2-18(10-13-5-3-4-6-14(13)16)11-15(19)17-9-12-7-8-12/h3-6,12H,2,7-11,16H2,1H3,(H,17,19). The van der Waals surface area contributed by atoms with Crippen LogP contribution in [0.25, 0.3) is 0 Å². The van der Waals surface area contributed by atoms with Crippen LogP contribution in [0, 0.1) is 5.92 Å². The second kappa shape index (κ2) is 6.57. The van der Waals surface area contributed by atoms with Crippen molar-refractivity contribution in [1.29, 1.82) is 0 Å². The molecule has 4 nitrogen and oxygen atoms in total. The minimum atomic E-state index is 0.114. The van der Waals surface area contributed by atoms with Gasteiger partial charge in [0.25, 0.3) is 0 Å². The molecule has 0 spiro atoms. The SMILES string of the molecule is CCN(CC(=O)NCC1CC1)Cc1ccccc1N. The first-order valence-corrected chi connectivity index (χ1v) is 7.01. The van der Waals surface area contributed by atoms with Crippen LogP contribution in [0.3, 0.4) is 0 Å². The summed E-state index contributed by atoms with van der Waals surface area (Å²) in [6.45, 7) is 4.90. The van der Waals surface area contributed by atoms with Crippen LogP contribution in [0.1, 0.15) is 25.3 Å². The molecule has 2 rings (SSSR count). The Balaban J connectivity index is 1.81. The van der Waals surface area contributed by atoms with E-state index < -0.39 is 0 Å². The zero-order chi connectivity index (χ0) is 13.7. The maximum absolute atomic E-state index is 11.8. The topological polar surface area (TPSA) is 58.4 Å². The summed E-state index contributed by atoms with van der Waals surface area (Å²) in [5.41, 5.74) is 7.81. The number of nitrogens with one attached hydrogen (secondary N) is 1. The monoisotopic (exact) mass is 261 g/mol. The van der Waals surface area contributed by atoms with Crippen molar-refractivity contribution in [2.45, 2.75) is 26.3 Å². The number of rotatable bonds is 7. The number of carbonyl (C=O) groups excluding carboxylic acids is 1. The molecular weight excluding hydrogens is 238 g/mol. The van der Waals surface area contributed by atoms with Crippen LogP contribution in [0.5, 0.6) is 0 Å². The highest BCUT2D eigenvalue weighted by Gasteiger charge is 2.21. The van der Waals surface area contributed by atoms with Gasteiger partial charge in [-0.1, -0.05) is 25.1 Å². The van der Waals surface area contributed by atoms with Gasteiger partial charge in [-0.05, 0) is 36.9 Å². The lowest BCUT2D eigenvalue weighted by atomic mass is 10.1. The first-order valence-electron chi connectivity index (χ1n) is 7.01. The van der Waals surface area contributed by atoms with Crippen LogP contribution in [0.15, 0.2) is 24.3 Å². The Kier molecular flexibility index (Phi) is 4.80. The highest BCUT2D eigenvalue weighted by atomic mass is 16.2. The molecule has 0 aromatic heterocycles. The molecule has 1 saturated carbocycles. The van der Waals surface area contributed by atoms with E-state index in [1.165, 1.54) is 12.8 Å². The third kappa shape index (κ3) is 4.56. The molecule has 0 saturated heterocycles. The molecule has 0 radical (unpaired) electrons. The molecule has 1 aliphatic carbocycles. The average Bonchev–Trinajstić information content (AvgIpc) is 3.22. The van der Waals surface area contributed by atoms with Gasteiger partial charge in [-0.25, -0.2) is 0 Å². The molecule has 0 heterocycles. The Bertz CT molecular complexity index is 429. The number of anilines is 1. The van der Waals surface area contributed by atoms with E-state index in [1.54, 1.807) is 0 Å². The van der Waals surface area contributed by atoms with Crippen molar-refractivity contribution in [1.82, 2.24) is 10.2 Å². The van der Waals surface area contributed by atoms with E-state index in [0.717, 1.165) is 36.8 Å². The summed E-state index contributed by atoms with van der Waals surface area (Å²) >= 11 is 0. The van der Waals surface area contributed by atoms with E-state index in [0.29, 0.717) is 6.54 Å². The quantitative estimate of drug-likeness (QED) is 0.733. The van der Waals surface area contributed by atoms with Gasteiger partial charge >= 0.3 is 0 Å². The molecular formula is C15H23N3O. The van der Waals surface area contributed by atoms with Crippen LogP contribution < -0.4 is 11.1 Å². The molecule has 1 aliphatic rings. The van der Waals surface area contributed by atoms with Gasteiger partial charge < -0.3 is 11.1 Å². The van der Waals surface area contributed by atoms with Crippen LogP contribution in [0.2, 0.25) is 0 Å². The lowest BCUT2D eigenvalue weighted by molar-refractivity contribution is -0.122. The number of carbonyl (C=O) groups is 1. The Hall–Kier alpha value is -1.55. The zero-order valence-electron chi connectivity index (χ0n) is 11.6. The molecule has 0 atom stereocenters. The molecule has 19 heavy (non-hydrogen) atoms. The minimum Gasteiger partial charge on any atom is -0.398 e. The Morgan fingerprint density at radius 3 is 2.79 bits per heavy atom. The second-order valence-electron chi connectivity index (χ2n) is 5.25. The summed E-state index contributed by atoms with van der Waals surface area (Å²) < 4.78 is 0. The van der Waals surface area contributed by atoms with Gasteiger partial charge in [0.2, 0.25) is 5.91 Å². The van der Waals surface area contributed by atoms with Gasteiger partial charge in [0, 0.05) is 18.8 Å². The van der Waals surface area contributed by atoms with E-state index in [2.05, 4.69) is 17.1 Å². The number of hydrogen-bond donors (Lipinski definition) is 2. The third-order valence-electron chi connectivity index (χ3n) is 3.55. The van der Waals surface area contributed by atoms with E-state index in [1.807, 2.05) is 24.3 Å². The first kappa shape index (κ1) is 13.9. The molecule has 1 amide bonds. The number of para-hydroxylation sites is 1. The van der Waals surface area contributed by atoms with Crippen molar-refractivity contribution < 1.29 is 4.79 Å². The summed E-state index contributed by atoms with van der Waals surface area (Å²) in [6.07, 6.45) is 2.52. The van der Waals surface area contributed by atoms with E-state index >= 15 is 0 Å². The molecule has 0 bridgehead atoms. The zero-order valence-corrected chi connectivity index (χ0v) is 11.6. The fourth-order valence-electron chi connectivity index (χ4n) is 2.04. The van der Waals surface area contributed by atoms with Crippen molar-refractivity contribution in [3.8, 4) is 0 Å². The molecule has 1 fully saturated rings. The van der Waals surface area contributed by atoms with Crippen molar-refractivity contribution >= 4 is 11.6 Å².